The lowest BCUT2D eigenvalue weighted by Gasteiger charge is -2.22. The normalized spacial score (nSPS) is 11.8. The highest BCUT2D eigenvalue weighted by atomic mass is 16.7. The summed E-state index contributed by atoms with van der Waals surface area (Å²) in [5.74, 6) is 0.352. The summed E-state index contributed by atoms with van der Waals surface area (Å²) < 4.78 is 10.6. The number of amides is 1. The summed E-state index contributed by atoms with van der Waals surface area (Å²) >= 11 is 0. The molecule has 0 bridgehead atoms. The first-order valence-corrected chi connectivity index (χ1v) is 9.95. The average Bonchev–Trinajstić information content (AvgIpc) is 2.76. The summed E-state index contributed by atoms with van der Waals surface area (Å²) in [4.78, 5) is 16.9. The van der Waals surface area contributed by atoms with Gasteiger partial charge in [-0.05, 0) is 40.8 Å². The number of rotatable bonds is 8. The van der Waals surface area contributed by atoms with Gasteiger partial charge in [0.1, 0.15) is 5.75 Å². The van der Waals surface area contributed by atoms with Crippen LogP contribution in [0.2, 0.25) is 0 Å². The molecule has 5 nitrogen and oxygen atoms in total. The van der Waals surface area contributed by atoms with E-state index >= 15 is 0 Å². The first kappa shape index (κ1) is 21.4. The van der Waals surface area contributed by atoms with Crippen LogP contribution in [0.4, 0.5) is 11.4 Å². The van der Waals surface area contributed by atoms with E-state index in [-0.39, 0.29) is 18.6 Å². The van der Waals surface area contributed by atoms with E-state index < -0.39 is 0 Å². The molecule has 0 aromatic heterocycles. The van der Waals surface area contributed by atoms with Gasteiger partial charge in [-0.3, -0.25) is 4.79 Å². The first-order valence-electron chi connectivity index (χ1n) is 9.95. The van der Waals surface area contributed by atoms with Crippen molar-refractivity contribution < 1.29 is 14.3 Å². The van der Waals surface area contributed by atoms with Crippen LogP contribution in [-0.4, -0.2) is 19.8 Å². The number of anilines is 1. The Labute approximate surface area is 177 Å². The van der Waals surface area contributed by atoms with Gasteiger partial charge >= 0.3 is 0 Å². The Morgan fingerprint density at radius 3 is 2.60 bits per heavy atom. The Kier molecular flexibility index (Phi) is 7.05. The number of benzene rings is 3. The van der Waals surface area contributed by atoms with E-state index in [0.29, 0.717) is 29.5 Å². The maximum atomic E-state index is 13.4. The molecular formula is C25H26N2O3. The van der Waals surface area contributed by atoms with E-state index in [9.17, 15) is 4.79 Å². The molecule has 0 fully saturated rings. The van der Waals surface area contributed by atoms with Gasteiger partial charge in [-0.1, -0.05) is 62.4 Å². The minimum absolute atomic E-state index is 0.0545. The van der Waals surface area contributed by atoms with E-state index in [1.54, 1.807) is 18.2 Å². The van der Waals surface area contributed by atoms with Crippen molar-refractivity contribution in [1.29, 1.82) is 0 Å². The largest absolute Gasteiger partial charge is 0.465 e. The second-order valence-corrected chi connectivity index (χ2v) is 7.58. The fourth-order valence-corrected chi connectivity index (χ4v) is 3.55. The molecule has 1 unspecified atom stereocenters. The number of carbonyl (C=O) groups is 1. The van der Waals surface area contributed by atoms with E-state index in [2.05, 4.69) is 42.2 Å². The molecule has 0 aliphatic rings. The Morgan fingerprint density at radius 1 is 1.10 bits per heavy atom. The molecule has 0 aliphatic heterocycles. The van der Waals surface area contributed by atoms with Gasteiger partial charge in [0.05, 0.1) is 18.2 Å². The number of methoxy groups -OCH3 is 1. The Hall–Kier alpha value is -3.36. The molecule has 0 heterocycles. The maximum absolute atomic E-state index is 13.4. The summed E-state index contributed by atoms with van der Waals surface area (Å²) in [5, 5.41) is 5.18. The highest BCUT2D eigenvalue weighted by Gasteiger charge is 2.24. The van der Waals surface area contributed by atoms with E-state index in [1.807, 2.05) is 24.3 Å². The summed E-state index contributed by atoms with van der Waals surface area (Å²) in [5.41, 5.74) is 1.90. The van der Waals surface area contributed by atoms with Crippen LogP contribution in [0.1, 0.15) is 31.7 Å². The standard InChI is InChI=1S/C25H26N2O3/c1-17(2)14-22(21-11-7-9-18-8-5-6-10-20(18)21)25(28)27-23-15-19(26-3)12-13-24(23)30-16-29-4/h5-13,15,17,22H,14,16H2,1-2,4H3,(H,27,28). The van der Waals surface area contributed by atoms with Crippen molar-refractivity contribution in [2.45, 2.75) is 26.2 Å². The first-order chi connectivity index (χ1) is 14.5. The fourth-order valence-electron chi connectivity index (χ4n) is 3.55. The quantitative estimate of drug-likeness (QED) is 0.364. The van der Waals surface area contributed by atoms with Gasteiger partial charge in [0.15, 0.2) is 12.5 Å². The van der Waals surface area contributed by atoms with Crippen molar-refractivity contribution in [2.75, 3.05) is 19.2 Å². The summed E-state index contributed by atoms with van der Waals surface area (Å²) in [7, 11) is 1.53. The number of nitrogens with one attached hydrogen (secondary N) is 1. The molecule has 1 N–H and O–H groups in total. The molecule has 0 radical (unpaired) electrons. The van der Waals surface area contributed by atoms with E-state index in [0.717, 1.165) is 16.3 Å². The second-order valence-electron chi connectivity index (χ2n) is 7.58. The van der Waals surface area contributed by atoms with Crippen LogP contribution in [0, 0.1) is 12.5 Å². The third kappa shape index (κ3) is 4.97. The van der Waals surface area contributed by atoms with Crippen LogP contribution in [0.3, 0.4) is 0 Å². The van der Waals surface area contributed by atoms with Crippen molar-refractivity contribution in [1.82, 2.24) is 0 Å². The number of fused-ring (bicyclic) bond motifs is 1. The molecule has 3 rings (SSSR count). The highest BCUT2D eigenvalue weighted by molar-refractivity contribution is 6.00. The van der Waals surface area contributed by atoms with Crippen molar-refractivity contribution in [3.05, 3.63) is 77.6 Å². The minimum atomic E-state index is -0.331. The lowest BCUT2D eigenvalue weighted by Crippen LogP contribution is -2.23. The third-order valence-corrected chi connectivity index (χ3v) is 4.90. The molecule has 0 aliphatic carbocycles. The molecule has 3 aromatic carbocycles. The van der Waals surface area contributed by atoms with E-state index in [1.165, 1.54) is 7.11 Å². The van der Waals surface area contributed by atoms with Crippen LogP contribution in [-0.2, 0) is 9.53 Å². The van der Waals surface area contributed by atoms with Gasteiger partial charge in [-0.2, -0.15) is 0 Å². The predicted molar refractivity (Wildman–Crippen MR) is 120 cm³/mol. The SMILES string of the molecule is [C-]#[N+]c1ccc(OCOC)c(NC(=O)C(CC(C)C)c2cccc3ccccc23)c1. The van der Waals surface area contributed by atoms with Gasteiger partial charge in [0.25, 0.3) is 0 Å². The molecule has 1 atom stereocenters. The fraction of sp³-hybridized carbons (Fsp3) is 0.280. The Bertz CT molecular complexity index is 1060. The molecule has 0 spiro atoms. The van der Waals surface area contributed by atoms with Crippen molar-refractivity contribution in [3.8, 4) is 5.75 Å². The second kappa shape index (κ2) is 9.91. The van der Waals surface area contributed by atoms with Crippen LogP contribution in [0.5, 0.6) is 5.75 Å². The van der Waals surface area contributed by atoms with Crippen LogP contribution in [0.25, 0.3) is 15.6 Å². The number of ether oxygens (including phenoxy) is 2. The summed E-state index contributed by atoms with van der Waals surface area (Å²) in [6, 6.07) is 19.1. The van der Waals surface area contributed by atoms with Gasteiger partial charge in [0, 0.05) is 7.11 Å². The van der Waals surface area contributed by atoms with E-state index in [4.69, 9.17) is 16.0 Å². The smallest absolute Gasteiger partial charge is 0.232 e. The Morgan fingerprint density at radius 2 is 1.87 bits per heavy atom. The molecule has 5 heteroatoms. The zero-order valence-corrected chi connectivity index (χ0v) is 17.5. The highest BCUT2D eigenvalue weighted by Crippen LogP contribution is 2.34. The summed E-state index contributed by atoms with van der Waals surface area (Å²) in [6.07, 6.45) is 0.705. The lowest BCUT2D eigenvalue weighted by atomic mass is 9.86. The number of hydrogen-bond acceptors (Lipinski definition) is 3. The van der Waals surface area contributed by atoms with Crippen molar-refractivity contribution in [3.63, 3.8) is 0 Å². The molecule has 30 heavy (non-hydrogen) atoms. The molecule has 1 amide bonds. The Balaban J connectivity index is 1.98. The van der Waals surface area contributed by atoms with Gasteiger partial charge in [-0.15, -0.1) is 0 Å². The summed E-state index contributed by atoms with van der Waals surface area (Å²) in [6.45, 7) is 11.6. The molecule has 0 saturated heterocycles. The zero-order chi connectivity index (χ0) is 21.5. The van der Waals surface area contributed by atoms with Gasteiger partial charge in [0.2, 0.25) is 5.91 Å². The number of carbonyl (C=O) groups excluding carboxylic acids is 1. The van der Waals surface area contributed by atoms with Gasteiger partial charge < -0.3 is 14.8 Å². The van der Waals surface area contributed by atoms with Crippen molar-refractivity contribution >= 4 is 28.1 Å². The molecule has 154 valence electrons. The van der Waals surface area contributed by atoms with Crippen LogP contribution < -0.4 is 10.1 Å². The molecular weight excluding hydrogens is 376 g/mol. The monoisotopic (exact) mass is 402 g/mol. The van der Waals surface area contributed by atoms with Crippen LogP contribution in [0.15, 0.2) is 60.7 Å². The molecule has 0 saturated carbocycles. The van der Waals surface area contributed by atoms with Crippen molar-refractivity contribution in [2.24, 2.45) is 5.92 Å². The average molecular weight is 402 g/mol. The number of nitrogens with zero attached hydrogens (tertiary/aromatic N) is 1. The third-order valence-electron chi connectivity index (χ3n) is 4.90. The lowest BCUT2D eigenvalue weighted by molar-refractivity contribution is -0.117. The predicted octanol–water partition coefficient (Wildman–Crippen LogP) is 6.14. The topological polar surface area (TPSA) is 51.9 Å². The maximum Gasteiger partial charge on any atom is 0.232 e. The molecule has 3 aromatic rings. The van der Waals surface area contributed by atoms with Gasteiger partial charge in [-0.25, -0.2) is 4.85 Å². The minimum Gasteiger partial charge on any atom is -0.465 e. The van der Waals surface area contributed by atoms with Crippen LogP contribution >= 0.6 is 0 Å². The zero-order valence-electron chi connectivity index (χ0n) is 17.5. The number of hydrogen-bond donors (Lipinski definition) is 1.